The summed E-state index contributed by atoms with van der Waals surface area (Å²) in [4.78, 5) is 12.2. The zero-order valence-electron chi connectivity index (χ0n) is 13.4. The Morgan fingerprint density at radius 3 is 2.35 bits per heavy atom. The second-order valence-electron chi connectivity index (χ2n) is 5.40. The number of hydrogen-bond acceptors (Lipinski definition) is 3. The van der Waals surface area contributed by atoms with Crippen LogP contribution < -0.4 is 14.8 Å². The summed E-state index contributed by atoms with van der Waals surface area (Å²) in [5.74, 6) is 1.07. The van der Waals surface area contributed by atoms with Crippen molar-refractivity contribution in [3.8, 4) is 11.5 Å². The summed E-state index contributed by atoms with van der Waals surface area (Å²) in [6.45, 7) is 5.60. The molecule has 0 saturated carbocycles. The van der Waals surface area contributed by atoms with Crippen molar-refractivity contribution in [2.45, 2.75) is 33.0 Å². The molecular formula is C18H20ClNO3. The Balaban J connectivity index is 1.96. The molecule has 4 nitrogen and oxygen atoms in total. The van der Waals surface area contributed by atoms with Crippen LogP contribution in [0.2, 0.25) is 5.02 Å². The van der Waals surface area contributed by atoms with Crippen LogP contribution >= 0.6 is 11.6 Å². The predicted octanol–water partition coefficient (Wildman–Crippen LogP) is 4.53. The van der Waals surface area contributed by atoms with Gasteiger partial charge in [-0.15, -0.1) is 0 Å². The average molecular weight is 334 g/mol. The second kappa shape index (κ2) is 7.88. The monoisotopic (exact) mass is 333 g/mol. The maximum atomic E-state index is 12.2. The largest absolute Gasteiger partial charge is 0.491 e. The van der Waals surface area contributed by atoms with Crippen LogP contribution in [-0.2, 0) is 4.79 Å². The van der Waals surface area contributed by atoms with E-state index in [1.165, 1.54) is 0 Å². The van der Waals surface area contributed by atoms with Crippen molar-refractivity contribution in [1.82, 2.24) is 0 Å². The number of carbonyl (C=O) groups is 1. The fraction of sp³-hybridized carbons (Fsp3) is 0.278. The van der Waals surface area contributed by atoms with Crippen LogP contribution in [0.4, 0.5) is 5.69 Å². The van der Waals surface area contributed by atoms with E-state index < -0.39 is 6.10 Å². The SMILES string of the molecule is CC(C)Oc1cccc(NC(=O)C(C)Oc2ccc(Cl)cc2)c1. The van der Waals surface area contributed by atoms with Gasteiger partial charge in [0.1, 0.15) is 11.5 Å². The quantitative estimate of drug-likeness (QED) is 0.844. The number of rotatable bonds is 6. The third-order valence-corrected chi connectivity index (χ3v) is 3.22. The molecule has 2 aromatic rings. The van der Waals surface area contributed by atoms with Gasteiger partial charge in [-0.2, -0.15) is 0 Å². The van der Waals surface area contributed by atoms with Crippen LogP contribution in [0.15, 0.2) is 48.5 Å². The number of benzene rings is 2. The van der Waals surface area contributed by atoms with E-state index in [1.807, 2.05) is 26.0 Å². The maximum absolute atomic E-state index is 12.2. The third-order valence-electron chi connectivity index (χ3n) is 2.97. The van der Waals surface area contributed by atoms with Gasteiger partial charge in [-0.1, -0.05) is 17.7 Å². The van der Waals surface area contributed by atoms with Crippen LogP contribution in [0.1, 0.15) is 20.8 Å². The molecule has 0 aliphatic carbocycles. The molecule has 0 aliphatic heterocycles. The third kappa shape index (κ3) is 5.49. The average Bonchev–Trinajstić information content (AvgIpc) is 2.49. The van der Waals surface area contributed by atoms with Crippen LogP contribution in [0.3, 0.4) is 0 Å². The molecule has 2 aromatic carbocycles. The van der Waals surface area contributed by atoms with Crippen molar-refractivity contribution in [2.24, 2.45) is 0 Å². The highest BCUT2D eigenvalue weighted by Crippen LogP contribution is 2.20. The molecule has 5 heteroatoms. The highest BCUT2D eigenvalue weighted by atomic mass is 35.5. The summed E-state index contributed by atoms with van der Waals surface area (Å²) < 4.78 is 11.2. The van der Waals surface area contributed by atoms with Gasteiger partial charge < -0.3 is 14.8 Å². The lowest BCUT2D eigenvalue weighted by atomic mass is 10.2. The Morgan fingerprint density at radius 2 is 1.70 bits per heavy atom. The first-order valence-corrected chi connectivity index (χ1v) is 7.81. The summed E-state index contributed by atoms with van der Waals surface area (Å²) in [6, 6.07) is 14.2. The first-order valence-electron chi connectivity index (χ1n) is 7.44. The van der Waals surface area contributed by atoms with Crippen molar-refractivity contribution in [2.75, 3.05) is 5.32 Å². The summed E-state index contributed by atoms with van der Waals surface area (Å²) in [7, 11) is 0. The van der Waals surface area contributed by atoms with Gasteiger partial charge in [0.2, 0.25) is 0 Å². The normalized spacial score (nSPS) is 11.9. The van der Waals surface area contributed by atoms with Crippen molar-refractivity contribution < 1.29 is 14.3 Å². The first-order chi connectivity index (χ1) is 10.9. The summed E-state index contributed by atoms with van der Waals surface area (Å²) in [5.41, 5.74) is 0.666. The number of halogens is 1. The molecule has 1 atom stereocenters. The van der Waals surface area contributed by atoms with Crippen LogP contribution in [0.25, 0.3) is 0 Å². The molecular weight excluding hydrogens is 314 g/mol. The van der Waals surface area contributed by atoms with Gasteiger partial charge in [-0.25, -0.2) is 0 Å². The number of nitrogens with one attached hydrogen (secondary N) is 1. The van der Waals surface area contributed by atoms with Crippen LogP contribution in [-0.4, -0.2) is 18.1 Å². The Kier molecular flexibility index (Phi) is 5.88. The zero-order valence-corrected chi connectivity index (χ0v) is 14.1. The molecule has 0 spiro atoms. The van der Waals surface area contributed by atoms with E-state index in [1.54, 1.807) is 43.3 Å². The molecule has 0 aliphatic rings. The first kappa shape index (κ1) is 17.2. The lowest BCUT2D eigenvalue weighted by molar-refractivity contribution is -0.122. The summed E-state index contributed by atoms with van der Waals surface area (Å²) >= 11 is 5.82. The fourth-order valence-electron chi connectivity index (χ4n) is 1.93. The number of anilines is 1. The van der Waals surface area contributed by atoms with E-state index in [0.717, 1.165) is 0 Å². The molecule has 2 rings (SSSR count). The van der Waals surface area contributed by atoms with Crippen molar-refractivity contribution in [1.29, 1.82) is 0 Å². The molecule has 1 unspecified atom stereocenters. The van der Waals surface area contributed by atoms with E-state index in [0.29, 0.717) is 22.2 Å². The Hall–Kier alpha value is -2.20. The molecule has 0 fully saturated rings. The van der Waals surface area contributed by atoms with Gasteiger partial charge in [-0.05, 0) is 57.2 Å². The number of ether oxygens (including phenoxy) is 2. The van der Waals surface area contributed by atoms with E-state index in [2.05, 4.69) is 5.32 Å². The number of amides is 1. The van der Waals surface area contributed by atoms with E-state index in [4.69, 9.17) is 21.1 Å². The highest BCUT2D eigenvalue weighted by molar-refractivity contribution is 6.30. The zero-order chi connectivity index (χ0) is 16.8. The van der Waals surface area contributed by atoms with Crippen molar-refractivity contribution in [3.63, 3.8) is 0 Å². The van der Waals surface area contributed by atoms with Crippen LogP contribution in [0.5, 0.6) is 11.5 Å². The van der Waals surface area contributed by atoms with Gasteiger partial charge in [0.15, 0.2) is 6.10 Å². The topological polar surface area (TPSA) is 47.6 Å². The number of carbonyl (C=O) groups excluding carboxylic acids is 1. The Morgan fingerprint density at radius 1 is 1.00 bits per heavy atom. The lowest BCUT2D eigenvalue weighted by Crippen LogP contribution is -2.30. The number of hydrogen-bond donors (Lipinski definition) is 1. The van der Waals surface area contributed by atoms with Gasteiger partial charge >= 0.3 is 0 Å². The van der Waals surface area contributed by atoms with Crippen molar-refractivity contribution >= 4 is 23.2 Å². The molecule has 0 saturated heterocycles. The fourth-order valence-corrected chi connectivity index (χ4v) is 2.06. The molecule has 0 bridgehead atoms. The Labute approximate surface area is 141 Å². The summed E-state index contributed by atoms with van der Waals surface area (Å²) in [6.07, 6.45) is -0.557. The molecule has 122 valence electrons. The van der Waals surface area contributed by atoms with Gasteiger partial charge in [0.25, 0.3) is 5.91 Å². The van der Waals surface area contributed by atoms with E-state index in [-0.39, 0.29) is 12.0 Å². The molecule has 23 heavy (non-hydrogen) atoms. The molecule has 0 radical (unpaired) electrons. The molecule has 1 amide bonds. The highest BCUT2D eigenvalue weighted by Gasteiger charge is 2.15. The van der Waals surface area contributed by atoms with Crippen LogP contribution in [0, 0.1) is 0 Å². The minimum atomic E-state index is -0.633. The second-order valence-corrected chi connectivity index (χ2v) is 5.83. The van der Waals surface area contributed by atoms with Gasteiger partial charge in [0.05, 0.1) is 6.10 Å². The molecule has 1 N–H and O–H groups in total. The minimum absolute atomic E-state index is 0.0770. The minimum Gasteiger partial charge on any atom is -0.491 e. The van der Waals surface area contributed by atoms with Crippen molar-refractivity contribution in [3.05, 3.63) is 53.6 Å². The lowest BCUT2D eigenvalue weighted by Gasteiger charge is -2.16. The molecule has 0 heterocycles. The standard InChI is InChI=1S/C18H20ClNO3/c1-12(2)22-17-6-4-5-15(11-17)20-18(21)13(3)23-16-9-7-14(19)8-10-16/h4-13H,1-3H3,(H,20,21). The summed E-state index contributed by atoms with van der Waals surface area (Å²) in [5, 5.41) is 3.44. The van der Waals surface area contributed by atoms with E-state index >= 15 is 0 Å². The Bertz CT molecular complexity index is 656. The van der Waals surface area contributed by atoms with E-state index in [9.17, 15) is 4.79 Å². The van der Waals surface area contributed by atoms with Gasteiger partial charge in [0, 0.05) is 16.8 Å². The smallest absolute Gasteiger partial charge is 0.265 e. The maximum Gasteiger partial charge on any atom is 0.265 e. The predicted molar refractivity (Wildman–Crippen MR) is 92.4 cm³/mol. The van der Waals surface area contributed by atoms with Gasteiger partial charge in [-0.3, -0.25) is 4.79 Å². The molecule has 0 aromatic heterocycles.